The van der Waals surface area contributed by atoms with Crippen LogP contribution in [0.25, 0.3) is 0 Å². The molecule has 1 aliphatic heterocycles. The van der Waals surface area contributed by atoms with Gasteiger partial charge in [0.2, 0.25) is 5.91 Å². The summed E-state index contributed by atoms with van der Waals surface area (Å²) in [4.78, 5) is 13.4. The van der Waals surface area contributed by atoms with Crippen molar-refractivity contribution in [3.8, 4) is 11.8 Å². The Kier molecular flexibility index (Phi) is 4.03. The molecule has 1 fully saturated rings. The summed E-state index contributed by atoms with van der Waals surface area (Å²) in [5.74, 6) is 0.297. The van der Waals surface area contributed by atoms with Gasteiger partial charge in [0.25, 0.3) is 0 Å². The number of ether oxygens (including phenoxy) is 1. The highest BCUT2D eigenvalue weighted by Gasteiger charge is 2.28. The van der Waals surface area contributed by atoms with Crippen LogP contribution >= 0.6 is 0 Å². The topological polar surface area (TPSA) is 79.3 Å². The molecule has 100 valence electrons. The molecule has 1 saturated heterocycles. The number of hydrogen-bond acceptors (Lipinski definition) is 4. The molecule has 1 heterocycles. The van der Waals surface area contributed by atoms with Gasteiger partial charge in [-0.3, -0.25) is 9.69 Å². The van der Waals surface area contributed by atoms with Crippen molar-refractivity contribution in [3.05, 3.63) is 29.3 Å². The highest BCUT2D eigenvalue weighted by Crippen LogP contribution is 2.23. The summed E-state index contributed by atoms with van der Waals surface area (Å²) in [6.45, 7) is 1.49. The molecule has 1 aromatic carbocycles. The lowest BCUT2D eigenvalue weighted by atomic mass is 10.1. The lowest BCUT2D eigenvalue weighted by Gasteiger charge is -2.22. The zero-order valence-electron chi connectivity index (χ0n) is 10.9. The molecule has 0 saturated carbocycles. The van der Waals surface area contributed by atoms with Crippen LogP contribution in [0.15, 0.2) is 18.2 Å². The van der Waals surface area contributed by atoms with Crippen LogP contribution in [0.4, 0.5) is 0 Å². The predicted octanol–water partition coefficient (Wildman–Crippen LogP) is 1.02. The number of nitrogens with two attached hydrogens (primary N) is 1. The lowest BCUT2D eigenvalue weighted by molar-refractivity contribution is -0.122. The minimum absolute atomic E-state index is 0.187. The van der Waals surface area contributed by atoms with Gasteiger partial charge >= 0.3 is 0 Å². The molecule has 0 spiro atoms. The Hall–Kier alpha value is -2.06. The molecule has 0 aliphatic carbocycles. The number of nitriles is 1. The van der Waals surface area contributed by atoms with Gasteiger partial charge < -0.3 is 10.5 Å². The summed E-state index contributed by atoms with van der Waals surface area (Å²) in [5, 5.41) is 9.06. The molecule has 1 amide bonds. The zero-order chi connectivity index (χ0) is 13.8. The summed E-state index contributed by atoms with van der Waals surface area (Å²) >= 11 is 0. The van der Waals surface area contributed by atoms with Crippen LogP contribution in [0.1, 0.15) is 24.0 Å². The first-order chi connectivity index (χ1) is 9.15. The summed E-state index contributed by atoms with van der Waals surface area (Å²) in [6, 6.07) is 7.42. The minimum Gasteiger partial charge on any atom is -0.495 e. The van der Waals surface area contributed by atoms with E-state index in [0.29, 0.717) is 17.9 Å². The number of rotatable bonds is 4. The average Bonchev–Trinajstić information content (AvgIpc) is 2.87. The van der Waals surface area contributed by atoms with Crippen LogP contribution in [0.3, 0.4) is 0 Å². The second-order valence-electron chi connectivity index (χ2n) is 4.68. The van der Waals surface area contributed by atoms with E-state index in [1.54, 1.807) is 19.2 Å². The molecule has 1 aromatic rings. The van der Waals surface area contributed by atoms with Crippen molar-refractivity contribution < 1.29 is 9.53 Å². The van der Waals surface area contributed by atoms with Crippen molar-refractivity contribution >= 4 is 5.91 Å². The number of methoxy groups -OCH3 is 1. The van der Waals surface area contributed by atoms with E-state index in [1.807, 2.05) is 6.07 Å². The highest BCUT2D eigenvalue weighted by molar-refractivity contribution is 5.80. The van der Waals surface area contributed by atoms with Crippen LogP contribution in [0, 0.1) is 11.3 Å². The number of hydrogen-bond donors (Lipinski definition) is 1. The molecule has 1 aliphatic rings. The molecule has 1 atom stereocenters. The second kappa shape index (κ2) is 5.72. The van der Waals surface area contributed by atoms with Crippen molar-refractivity contribution in [2.45, 2.75) is 25.4 Å². The van der Waals surface area contributed by atoms with E-state index in [9.17, 15) is 4.79 Å². The van der Waals surface area contributed by atoms with Gasteiger partial charge in [0.05, 0.1) is 18.7 Å². The Labute approximate surface area is 112 Å². The quantitative estimate of drug-likeness (QED) is 0.875. The van der Waals surface area contributed by atoms with Crippen molar-refractivity contribution in [2.24, 2.45) is 5.73 Å². The summed E-state index contributed by atoms with van der Waals surface area (Å²) < 4.78 is 5.11. The van der Waals surface area contributed by atoms with Crippen LogP contribution < -0.4 is 10.5 Å². The van der Waals surface area contributed by atoms with Crippen molar-refractivity contribution in [1.82, 2.24) is 4.90 Å². The maximum Gasteiger partial charge on any atom is 0.234 e. The largest absolute Gasteiger partial charge is 0.495 e. The van der Waals surface area contributed by atoms with E-state index in [2.05, 4.69) is 11.0 Å². The van der Waals surface area contributed by atoms with Gasteiger partial charge in [-0.2, -0.15) is 5.26 Å². The molecule has 5 nitrogen and oxygen atoms in total. The first kappa shape index (κ1) is 13.4. The third-order valence-electron chi connectivity index (χ3n) is 3.46. The fraction of sp³-hybridized carbons (Fsp3) is 0.429. The first-order valence-corrected chi connectivity index (χ1v) is 6.26. The average molecular weight is 259 g/mol. The van der Waals surface area contributed by atoms with Gasteiger partial charge in [-0.15, -0.1) is 0 Å². The summed E-state index contributed by atoms with van der Waals surface area (Å²) in [6.07, 6.45) is 1.80. The highest BCUT2D eigenvalue weighted by atomic mass is 16.5. The number of likely N-dealkylation sites (tertiary alicyclic amines) is 1. The number of amides is 1. The van der Waals surface area contributed by atoms with E-state index < -0.39 is 0 Å². The maximum atomic E-state index is 11.3. The molecule has 0 bridgehead atoms. The first-order valence-electron chi connectivity index (χ1n) is 6.26. The summed E-state index contributed by atoms with van der Waals surface area (Å²) in [5.41, 5.74) is 6.89. The van der Waals surface area contributed by atoms with Gasteiger partial charge in [0.1, 0.15) is 11.8 Å². The Morgan fingerprint density at radius 1 is 1.63 bits per heavy atom. The molecular formula is C14H17N3O2. The van der Waals surface area contributed by atoms with Crippen molar-refractivity contribution in [3.63, 3.8) is 0 Å². The normalized spacial score (nSPS) is 19.1. The molecule has 2 rings (SSSR count). The van der Waals surface area contributed by atoms with Crippen molar-refractivity contribution in [1.29, 1.82) is 5.26 Å². The monoisotopic (exact) mass is 259 g/mol. The Morgan fingerprint density at radius 2 is 2.42 bits per heavy atom. The number of primary amides is 1. The third-order valence-corrected chi connectivity index (χ3v) is 3.46. The SMILES string of the molecule is COc1ccc(CN2CCCC2C(N)=O)cc1C#N. The molecule has 0 aromatic heterocycles. The van der Waals surface area contributed by atoms with Crippen LogP contribution in [-0.4, -0.2) is 30.5 Å². The maximum absolute atomic E-state index is 11.3. The third kappa shape index (κ3) is 2.85. The van der Waals surface area contributed by atoms with Crippen LogP contribution in [-0.2, 0) is 11.3 Å². The molecular weight excluding hydrogens is 242 g/mol. The van der Waals surface area contributed by atoms with Gasteiger partial charge in [-0.25, -0.2) is 0 Å². The molecule has 0 radical (unpaired) electrons. The predicted molar refractivity (Wildman–Crippen MR) is 70.3 cm³/mol. The van der Waals surface area contributed by atoms with Gasteiger partial charge in [-0.05, 0) is 37.1 Å². The molecule has 2 N–H and O–H groups in total. The Morgan fingerprint density at radius 3 is 3.05 bits per heavy atom. The van der Waals surface area contributed by atoms with E-state index in [4.69, 9.17) is 15.7 Å². The van der Waals surface area contributed by atoms with E-state index in [-0.39, 0.29) is 11.9 Å². The molecule has 1 unspecified atom stereocenters. The summed E-state index contributed by atoms with van der Waals surface area (Å²) in [7, 11) is 1.54. The second-order valence-corrected chi connectivity index (χ2v) is 4.68. The molecule has 5 heteroatoms. The van der Waals surface area contributed by atoms with E-state index >= 15 is 0 Å². The number of carbonyl (C=O) groups excluding carboxylic acids is 1. The lowest BCUT2D eigenvalue weighted by Crippen LogP contribution is -2.39. The zero-order valence-corrected chi connectivity index (χ0v) is 10.9. The Balaban J connectivity index is 2.15. The minimum atomic E-state index is -0.272. The van der Waals surface area contributed by atoms with E-state index in [1.165, 1.54) is 0 Å². The Bertz CT molecular complexity index is 522. The van der Waals surface area contributed by atoms with Gasteiger partial charge in [-0.1, -0.05) is 6.07 Å². The van der Waals surface area contributed by atoms with Crippen LogP contribution in [0.2, 0.25) is 0 Å². The van der Waals surface area contributed by atoms with E-state index in [0.717, 1.165) is 24.9 Å². The number of nitrogens with zero attached hydrogens (tertiary/aromatic N) is 2. The smallest absolute Gasteiger partial charge is 0.234 e. The fourth-order valence-electron chi connectivity index (χ4n) is 2.51. The van der Waals surface area contributed by atoms with Gasteiger partial charge in [0, 0.05) is 6.54 Å². The van der Waals surface area contributed by atoms with Crippen LogP contribution in [0.5, 0.6) is 5.75 Å². The fourth-order valence-corrected chi connectivity index (χ4v) is 2.51. The number of benzene rings is 1. The standard InChI is InChI=1S/C14H17N3O2/c1-19-13-5-4-10(7-11(13)8-15)9-17-6-2-3-12(17)14(16)18/h4-5,7,12H,2-3,6,9H2,1H3,(H2,16,18). The molecule has 19 heavy (non-hydrogen) atoms. The number of carbonyl (C=O) groups is 1. The van der Waals surface area contributed by atoms with Crippen molar-refractivity contribution in [2.75, 3.05) is 13.7 Å². The van der Waals surface area contributed by atoms with Gasteiger partial charge in [0.15, 0.2) is 0 Å².